The Morgan fingerprint density at radius 2 is 1.67 bits per heavy atom. The predicted molar refractivity (Wildman–Crippen MR) is 123 cm³/mol. The molecule has 0 fully saturated rings. The van der Waals surface area contributed by atoms with Crippen LogP contribution in [0, 0.1) is 45.9 Å². The predicted octanol–water partition coefficient (Wildman–Crippen LogP) is 6.58. The Morgan fingerprint density at radius 1 is 1.03 bits per heavy atom. The standard InChI is InChI=1S/C26H24F3N3O/c1-15-9-16(2)24(17(3)10-15)31-25(33)21(14-30)12-20-11-18(4)32(19(20)5)23-8-6-7-22(13-23)26(27,28)29/h6-13H,1-5H3,(H,31,33)/b21-12-. The van der Waals surface area contributed by atoms with Crippen LogP contribution in [0.25, 0.3) is 11.8 Å². The lowest BCUT2D eigenvalue weighted by Gasteiger charge is -2.13. The molecule has 0 bridgehead atoms. The van der Waals surface area contributed by atoms with Crippen LogP contribution in [-0.2, 0) is 11.0 Å². The lowest BCUT2D eigenvalue weighted by Crippen LogP contribution is -2.15. The van der Waals surface area contributed by atoms with Crippen LogP contribution in [-0.4, -0.2) is 10.5 Å². The Morgan fingerprint density at radius 3 is 2.24 bits per heavy atom. The zero-order valence-electron chi connectivity index (χ0n) is 19.1. The van der Waals surface area contributed by atoms with Crippen LogP contribution in [0.5, 0.6) is 0 Å². The number of benzene rings is 2. The summed E-state index contributed by atoms with van der Waals surface area (Å²) in [4.78, 5) is 12.8. The van der Waals surface area contributed by atoms with E-state index in [0.29, 0.717) is 28.3 Å². The maximum atomic E-state index is 13.2. The van der Waals surface area contributed by atoms with E-state index in [1.54, 1.807) is 30.5 Å². The third-order valence-electron chi connectivity index (χ3n) is 5.48. The number of nitrogens with zero attached hydrogens (tertiary/aromatic N) is 2. The number of halogens is 3. The highest BCUT2D eigenvalue weighted by molar-refractivity contribution is 6.10. The van der Waals surface area contributed by atoms with Crippen molar-refractivity contribution in [1.82, 2.24) is 4.57 Å². The van der Waals surface area contributed by atoms with Gasteiger partial charge in [0, 0.05) is 22.8 Å². The second-order valence-corrected chi connectivity index (χ2v) is 8.11. The monoisotopic (exact) mass is 451 g/mol. The summed E-state index contributed by atoms with van der Waals surface area (Å²) in [6.07, 6.45) is -2.99. The molecule has 0 atom stereocenters. The van der Waals surface area contributed by atoms with Crippen molar-refractivity contribution in [2.24, 2.45) is 0 Å². The van der Waals surface area contributed by atoms with E-state index in [9.17, 15) is 23.2 Å². The highest BCUT2D eigenvalue weighted by Crippen LogP contribution is 2.32. The van der Waals surface area contributed by atoms with E-state index in [1.807, 2.05) is 39.0 Å². The quantitative estimate of drug-likeness (QED) is 0.360. The maximum Gasteiger partial charge on any atom is 0.416 e. The first-order valence-corrected chi connectivity index (χ1v) is 10.3. The lowest BCUT2D eigenvalue weighted by molar-refractivity contribution is -0.137. The Kier molecular flexibility index (Phi) is 6.50. The van der Waals surface area contributed by atoms with Gasteiger partial charge in [-0.15, -0.1) is 0 Å². The molecule has 0 saturated carbocycles. The molecule has 7 heteroatoms. The van der Waals surface area contributed by atoms with Crippen molar-refractivity contribution in [3.63, 3.8) is 0 Å². The topological polar surface area (TPSA) is 57.8 Å². The number of aromatic nitrogens is 1. The Hall–Kier alpha value is -3.79. The number of nitrogens with one attached hydrogen (secondary N) is 1. The van der Waals surface area contributed by atoms with Gasteiger partial charge in [0.15, 0.2) is 0 Å². The molecule has 1 amide bonds. The van der Waals surface area contributed by atoms with Crippen molar-refractivity contribution >= 4 is 17.7 Å². The zero-order chi connectivity index (χ0) is 24.5. The number of alkyl halides is 3. The molecule has 0 aliphatic carbocycles. The first-order chi connectivity index (χ1) is 15.4. The average molecular weight is 451 g/mol. The van der Waals surface area contributed by atoms with Gasteiger partial charge in [0.1, 0.15) is 11.6 Å². The number of aryl methyl sites for hydroxylation is 4. The summed E-state index contributed by atoms with van der Waals surface area (Å²) < 4.78 is 41.1. The second-order valence-electron chi connectivity index (χ2n) is 8.11. The third-order valence-corrected chi connectivity index (χ3v) is 5.48. The number of rotatable bonds is 4. The first kappa shape index (κ1) is 23.9. The minimum Gasteiger partial charge on any atom is -0.321 e. The molecule has 0 radical (unpaired) electrons. The molecule has 0 aliphatic rings. The van der Waals surface area contributed by atoms with E-state index in [4.69, 9.17) is 0 Å². The minimum absolute atomic E-state index is 0.0985. The fourth-order valence-corrected chi connectivity index (χ4v) is 4.01. The molecule has 2 aromatic carbocycles. The lowest BCUT2D eigenvalue weighted by atomic mass is 10.0. The number of hydrogen-bond donors (Lipinski definition) is 1. The van der Waals surface area contributed by atoms with Crippen molar-refractivity contribution in [3.8, 4) is 11.8 Å². The molecule has 3 aromatic rings. The van der Waals surface area contributed by atoms with Crippen LogP contribution in [0.4, 0.5) is 18.9 Å². The molecule has 0 spiro atoms. The van der Waals surface area contributed by atoms with Crippen LogP contribution in [0.3, 0.4) is 0 Å². The Bertz CT molecular complexity index is 1280. The van der Waals surface area contributed by atoms with Gasteiger partial charge in [0.25, 0.3) is 5.91 Å². The van der Waals surface area contributed by atoms with Gasteiger partial charge in [-0.25, -0.2) is 0 Å². The number of amides is 1. The fraction of sp³-hybridized carbons (Fsp3) is 0.231. The van der Waals surface area contributed by atoms with E-state index >= 15 is 0 Å². The van der Waals surface area contributed by atoms with Gasteiger partial charge >= 0.3 is 6.18 Å². The molecule has 0 aliphatic heterocycles. The number of nitriles is 1. The number of carbonyl (C=O) groups is 1. The molecular formula is C26H24F3N3O. The van der Waals surface area contributed by atoms with Gasteiger partial charge in [0.05, 0.1) is 5.56 Å². The van der Waals surface area contributed by atoms with Gasteiger partial charge in [-0.3, -0.25) is 4.79 Å². The van der Waals surface area contributed by atoms with Crippen LogP contribution >= 0.6 is 0 Å². The van der Waals surface area contributed by atoms with Crippen LogP contribution in [0.15, 0.2) is 48.0 Å². The zero-order valence-corrected chi connectivity index (χ0v) is 19.1. The van der Waals surface area contributed by atoms with E-state index in [1.165, 1.54) is 12.1 Å². The summed E-state index contributed by atoms with van der Waals surface area (Å²) in [6, 6.07) is 12.6. The molecule has 4 nitrogen and oxygen atoms in total. The van der Waals surface area contributed by atoms with Crippen LogP contribution in [0.1, 0.15) is 39.2 Å². The summed E-state index contributed by atoms with van der Waals surface area (Å²) in [5.41, 5.74) is 4.89. The largest absolute Gasteiger partial charge is 0.416 e. The van der Waals surface area contributed by atoms with Crippen molar-refractivity contribution in [2.45, 2.75) is 40.8 Å². The number of carbonyl (C=O) groups excluding carboxylic acids is 1. The van der Waals surface area contributed by atoms with Gasteiger partial charge in [-0.1, -0.05) is 23.8 Å². The third kappa shape index (κ3) is 5.01. The molecule has 170 valence electrons. The normalized spacial score (nSPS) is 11.9. The fourth-order valence-electron chi connectivity index (χ4n) is 4.01. The van der Waals surface area contributed by atoms with Crippen molar-refractivity contribution in [3.05, 3.63) is 87.2 Å². The van der Waals surface area contributed by atoms with Crippen molar-refractivity contribution in [1.29, 1.82) is 5.26 Å². The summed E-state index contributed by atoms with van der Waals surface area (Å²) >= 11 is 0. The summed E-state index contributed by atoms with van der Waals surface area (Å²) in [5, 5.41) is 12.4. The van der Waals surface area contributed by atoms with Gasteiger partial charge in [-0.2, -0.15) is 18.4 Å². The molecule has 3 rings (SSSR count). The SMILES string of the molecule is Cc1cc(C)c(NC(=O)/C(C#N)=C\c2cc(C)n(-c3cccc(C(F)(F)F)c3)c2C)c(C)c1. The highest BCUT2D eigenvalue weighted by Gasteiger charge is 2.30. The smallest absolute Gasteiger partial charge is 0.321 e. The Labute approximate surface area is 191 Å². The van der Waals surface area contributed by atoms with Gasteiger partial charge in [0.2, 0.25) is 0 Å². The summed E-state index contributed by atoms with van der Waals surface area (Å²) in [5.74, 6) is -0.545. The van der Waals surface area contributed by atoms with Gasteiger partial charge in [-0.05, 0) is 81.7 Å². The van der Waals surface area contributed by atoms with Crippen LogP contribution in [0.2, 0.25) is 0 Å². The van der Waals surface area contributed by atoms with Crippen molar-refractivity contribution < 1.29 is 18.0 Å². The van der Waals surface area contributed by atoms with E-state index in [0.717, 1.165) is 28.8 Å². The highest BCUT2D eigenvalue weighted by atomic mass is 19.4. The van der Waals surface area contributed by atoms with E-state index in [2.05, 4.69) is 5.32 Å². The van der Waals surface area contributed by atoms with E-state index in [-0.39, 0.29) is 5.57 Å². The maximum absolute atomic E-state index is 13.2. The summed E-state index contributed by atoms with van der Waals surface area (Å²) in [6.45, 7) is 9.23. The van der Waals surface area contributed by atoms with Gasteiger partial charge < -0.3 is 9.88 Å². The number of hydrogen-bond acceptors (Lipinski definition) is 2. The minimum atomic E-state index is -4.45. The second kappa shape index (κ2) is 8.99. The molecule has 33 heavy (non-hydrogen) atoms. The first-order valence-electron chi connectivity index (χ1n) is 10.3. The molecule has 1 N–H and O–H groups in total. The number of anilines is 1. The molecule has 1 aromatic heterocycles. The van der Waals surface area contributed by atoms with Crippen molar-refractivity contribution in [2.75, 3.05) is 5.32 Å². The molecule has 0 saturated heterocycles. The Balaban J connectivity index is 1.98. The molecule has 1 heterocycles. The van der Waals surface area contributed by atoms with E-state index < -0.39 is 17.6 Å². The van der Waals surface area contributed by atoms with Crippen LogP contribution < -0.4 is 5.32 Å². The average Bonchev–Trinajstić information content (AvgIpc) is 3.01. The molecule has 0 unspecified atom stereocenters. The molecular weight excluding hydrogens is 427 g/mol. The summed E-state index contributed by atoms with van der Waals surface area (Å²) in [7, 11) is 0.